The number of benzene rings is 3. The molecule has 4 aromatic rings. The zero-order valence-corrected chi connectivity index (χ0v) is 25.6. The molecule has 3 aromatic carbocycles. The smallest absolute Gasteiger partial charge is 0.343 e. The molecule has 12 heteroatoms. The Hall–Kier alpha value is -5.62. The first-order chi connectivity index (χ1) is 22.3. The van der Waals surface area contributed by atoms with Crippen LogP contribution in [0.3, 0.4) is 0 Å². The summed E-state index contributed by atoms with van der Waals surface area (Å²) in [4.78, 5) is 64.5. The van der Waals surface area contributed by atoms with Crippen LogP contribution in [0.15, 0.2) is 84.0 Å². The van der Waals surface area contributed by atoms with Gasteiger partial charge in [-0.15, -0.1) is 11.3 Å². The summed E-state index contributed by atoms with van der Waals surface area (Å²) in [5, 5.41) is 6.64. The summed E-state index contributed by atoms with van der Waals surface area (Å²) >= 11 is 1.26. The number of hydrazone groups is 1. The Kier molecular flexibility index (Phi) is 10.3. The van der Waals surface area contributed by atoms with Crippen LogP contribution in [-0.2, 0) is 27.2 Å². The lowest BCUT2D eigenvalue weighted by Gasteiger charge is -2.12. The van der Waals surface area contributed by atoms with Crippen molar-refractivity contribution in [3.8, 4) is 11.5 Å². The van der Waals surface area contributed by atoms with Gasteiger partial charge in [0.15, 0.2) is 0 Å². The standard InChI is InChI=1S/C34H29N3O8S/c1-2-43-34(42)28-25-15-9-10-16-27(25)46-31(28)36-29(38)30(39)37-35-20-23-17-18-24(44-32(40)21-11-5-3-6-12-21)19-26(23)45-33(41)22-13-7-4-8-14-22/h3-8,11-14,17-20H,2,9-10,15-16H2,1H3,(H,36,38)(H,37,39). The van der Waals surface area contributed by atoms with Crippen LogP contribution in [0, 0.1) is 0 Å². The van der Waals surface area contributed by atoms with Crippen molar-refractivity contribution in [2.45, 2.75) is 32.6 Å². The quantitative estimate of drug-likeness (QED) is 0.0821. The molecule has 0 spiro atoms. The number of hydrogen-bond acceptors (Lipinski definition) is 10. The van der Waals surface area contributed by atoms with Crippen molar-refractivity contribution in [1.82, 2.24) is 5.43 Å². The summed E-state index contributed by atoms with van der Waals surface area (Å²) in [6.45, 7) is 1.87. The van der Waals surface area contributed by atoms with E-state index >= 15 is 0 Å². The van der Waals surface area contributed by atoms with Gasteiger partial charge in [-0.25, -0.2) is 19.8 Å². The molecule has 2 amide bonds. The number of thiophene rings is 1. The second-order valence-corrected chi connectivity index (χ2v) is 11.1. The van der Waals surface area contributed by atoms with E-state index in [2.05, 4.69) is 15.8 Å². The highest BCUT2D eigenvalue weighted by Gasteiger charge is 2.28. The second-order valence-electron chi connectivity index (χ2n) is 10.00. The Morgan fingerprint density at radius 3 is 2.13 bits per heavy atom. The Labute approximate surface area is 268 Å². The maximum absolute atomic E-state index is 12.8. The van der Waals surface area contributed by atoms with Crippen molar-refractivity contribution in [2.75, 3.05) is 11.9 Å². The van der Waals surface area contributed by atoms with Gasteiger partial charge in [0.05, 0.1) is 29.5 Å². The first-order valence-corrected chi connectivity index (χ1v) is 15.3. The highest BCUT2D eigenvalue weighted by molar-refractivity contribution is 7.17. The predicted octanol–water partition coefficient (Wildman–Crippen LogP) is 5.33. The molecule has 0 saturated heterocycles. The fourth-order valence-electron chi connectivity index (χ4n) is 4.69. The van der Waals surface area contributed by atoms with Gasteiger partial charge in [0.2, 0.25) is 0 Å². The Balaban J connectivity index is 1.31. The molecule has 0 fully saturated rings. The van der Waals surface area contributed by atoms with Crippen molar-refractivity contribution in [3.05, 3.63) is 112 Å². The molecule has 1 heterocycles. The summed E-state index contributed by atoms with van der Waals surface area (Å²) in [7, 11) is 0. The molecule has 11 nitrogen and oxygen atoms in total. The molecule has 5 rings (SSSR count). The Morgan fingerprint density at radius 2 is 1.46 bits per heavy atom. The number of esters is 3. The van der Waals surface area contributed by atoms with Gasteiger partial charge in [0.1, 0.15) is 16.5 Å². The molecule has 46 heavy (non-hydrogen) atoms. The lowest BCUT2D eigenvalue weighted by Crippen LogP contribution is -2.32. The van der Waals surface area contributed by atoms with Crippen molar-refractivity contribution in [1.29, 1.82) is 0 Å². The number of anilines is 1. The van der Waals surface area contributed by atoms with Crippen LogP contribution < -0.4 is 20.2 Å². The summed E-state index contributed by atoms with van der Waals surface area (Å²) < 4.78 is 16.2. The molecule has 0 aliphatic heterocycles. The monoisotopic (exact) mass is 639 g/mol. The number of nitrogens with zero attached hydrogens (tertiary/aromatic N) is 1. The van der Waals surface area contributed by atoms with E-state index in [0.29, 0.717) is 12.0 Å². The summed E-state index contributed by atoms with van der Waals surface area (Å²) in [6, 6.07) is 20.9. The number of rotatable bonds is 9. The Morgan fingerprint density at radius 1 is 0.804 bits per heavy atom. The van der Waals surface area contributed by atoms with Crippen molar-refractivity contribution in [3.63, 3.8) is 0 Å². The minimum atomic E-state index is -1.09. The minimum Gasteiger partial charge on any atom is -0.462 e. The number of nitrogens with one attached hydrogen (secondary N) is 2. The van der Waals surface area contributed by atoms with E-state index in [1.807, 2.05) is 0 Å². The average Bonchev–Trinajstić information content (AvgIpc) is 3.44. The molecule has 0 saturated carbocycles. The van der Waals surface area contributed by atoms with E-state index in [-0.39, 0.29) is 39.8 Å². The number of carbonyl (C=O) groups excluding carboxylic acids is 5. The normalized spacial score (nSPS) is 12.1. The van der Waals surface area contributed by atoms with E-state index in [9.17, 15) is 24.0 Å². The largest absolute Gasteiger partial charge is 0.462 e. The molecule has 0 bridgehead atoms. The molecule has 0 unspecified atom stereocenters. The summed E-state index contributed by atoms with van der Waals surface area (Å²) in [6.07, 6.45) is 4.53. The van der Waals surface area contributed by atoms with Gasteiger partial charge >= 0.3 is 29.7 Å². The molecule has 1 aromatic heterocycles. The fourth-order valence-corrected chi connectivity index (χ4v) is 5.96. The summed E-state index contributed by atoms with van der Waals surface area (Å²) in [5.41, 5.74) is 4.12. The Bertz CT molecular complexity index is 1800. The van der Waals surface area contributed by atoms with Crippen molar-refractivity contribution >= 4 is 52.3 Å². The van der Waals surface area contributed by atoms with Crippen LogP contribution in [0.4, 0.5) is 5.00 Å². The number of fused-ring (bicyclic) bond motifs is 1. The average molecular weight is 640 g/mol. The van der Waals surface area contributed by atoms with Gasteiger partial charge in [0.25, 0.3) is 0 Å². The van der Waals surface area contributed by atoms with E-state index in [0.717, 1.165) is 29.7 Å². The van der Waals surface area contributed by atoms with Gasteiger partial charge in [-0.1, -0.05) is 36.4 Å². The van der Waals surface area contributed by atoms with Crippen molar-refractivity contribution < 1.29 is 38.2 Å². The van der Waals surface area contributed by atoms with E-state index in [1.165, 1.54) is 35.8 Å². The first kappa shape index (κ1) is 31.8. The topological polar surface area (TPSA) is 149 Å². The number of ether oxygens (including phenoxy) is 3. The molecule has 0 radical (unpaired) electrons. The molecule has 1 aliphatic rings. The van der Waals surface area contributed by atoms with Gasteiger partial charge in [-0.2, -0.15) is 5.10 Å². The lowest BCUT2D eigenvalue weighted by molar-refractivity contribution is -0.136. The summed E-state index contributed by atoms with van der Waals surface area (Å²) in [5.74, 6) is -3.88. The van der Waals surface area contributed by atoms with Crippen LogP contribution in [0.25, 0.3) is 0 Å². The molecule has 0 atom stereocenters. The van der Waals surface area contributed by atoms with E-state index in [4.69, 9.17) is 14.2 Å². The number of aryl methyl sites for hydroxylation is 1. The molecular formula is C34H29N3O8S. The fraction of sp³-hybridized carbons (Fsp3) is 0.176. The molecular weight excluding hydrogens is 610 g/mol. The molecule has 1 aliphatic carbocycles. The number of amides is 2. The number of carbonyl (C=O) groups is 5. The predicted molar refractivity (Wildman–Crippen MR) is 171 cm³/mol. The third-order valence-electron chi connectivity index (χ3n) is 6.87. The van der Waals surface area contributed by atoms with E-state index in [1.54, 1.807) is 67.6 Å². The molecule has 2 N–H and O–H groups in total. The zero-order valence-electron chi connectivity index (χ0n) is 24.7. The maximum Gasteiger partial charge on any atom is 0.343 e. The number of hydrogen-bond donors (Lipinski definition) is 2. The van der Waals surface area contributed by atoms with Crippen LogP contribution in [0.1, 0.15) is 66.8 Å². The lowest BCUT2D eigenvalue weighted by atomic mass is 9.95. The van der Waals surface area contributed by atoms with Crippen LogP contribution in [-0.4, -0.2) is 42.5 Å². The van der Waals surface area contributed by atoms with Crippen LogP contribution in [0.5, 0.6) is 11.5 Å². The highest BCUT2D eigenvalue weighted by atomic mass is 32.1. The first-order valence-electron chi connectivity index (χ1n) is 14.5. The molecule has 234 valence electrons. The highest BCUT2D eigenvalue weighted by Crippen LogP contribution is 2.38. The van der Waals surface area contributed by atoms with Gasteiger partial charge < -0.3 is 19.5 Å². The third kappa shape index (κ3) is 7.71. The SMILES string of the molecule is CCOC(=O)c1c(NC(=O)C(=O)NN=Cc2ccc(OC(=O)c3ccccc3)cc2OC(=O)c2ccccc2)sc2c1CCCC2. The zero-order chi connectivity index (χ0) is 32.5. The van der Waals surface area contributed by atoms with E-state index < -0.39 is 29.7 Å². The van der Waals surface area contributed by atoms with Gasteiger partial charge in [-0.3, -0.25) is 9.59 Å². The third-order valence-corrected chi connectivity index (χ3v) is 8.08. The van der Waals surface area contributed by atoms with Gasteiger partial charge in [-0.05, 0) is 74.6 Å². The second kappa shape index (κ2) is 14.9. The van der Waals surface area contributed by atoms with Crippen LogP contribution in [0.2, 0.25) is 0 Å². The van der Waals surface area contributed by atoms with Crippen molar-refractivity contribution in [2.24, 2.45) is 5.10 Å². The van der Waals surface area contributed by atoms with Crippen LogP contribution >= 0.6 is 11.3 Å². The minimum absolute atomic E-state index is 0.0158. The maximum atomic E-state index is 12.8. The van der Waals surface area contributed by atoms with Gasteiger partial charge in [0, 0.05) is 16.5 Å².